The van der Waals surface area contributed by atoms with Gasteiger partial charge in [-0.3, -0.25) is 9.59 Å². The van der Waals surface area contributed by atoms with Gasteiger partial charge in [0.25, 0.3) is 5.91 Å². The standard InChI is InChI=1S/C10H11Cl2N3O2/c1-15(4-8(14)16)10(17)6-2-5(13)3-7(11)9(6)12/h2-3H,4,13H2,1H3,(H2,14,16). The molecule has 0 aromatic heterocycles. The van der Waals surface area contributed by atoms with Gasteiger partial charge in [-0.05, 0) is 12.1 Å². The molecule has 0 saturated carbocycles. The van der Waals surface area contributed by atoms with E-state index in [9.17, 15) is 9.59 Å². The Morgan fingerprint density at radius 3 is 2.47 bits per heavy atom. The highest BCUT2D eigenvalue weighted by Gasteiger charge is 2.18. The van der Waals surface area contributed by atoms with Gasteiger partial charge < -0.3 is 16.4 Å². The maximum absolute atomic E-state index is 11.9. The summed E-state index contributed by atoms with van der Waals surface area (Å²) in [5, 5.41) is 0.282. The number of nitrogen functional groups attached to an aromatic ring is 1. The number of hydrogen-bond donors (Lipinski definition) is 2. The van der Waals surface area contributed by atoms with E-state index in [0.29, 0.717) is 5.69 Å². The van der Waals surface area contributed by atoms with Gasteiger partial charge in [-0.2, -0.15) is 0 Å². The number of nitrogens with zero attached hydrogens (tertiary/aromatic N) is 1. The lowest BCUT2D eigenvalue weighted by Gasteiger charge is -2.16. The molecule has 0 atom stereocenters. The molecule has 4 N–H and O–H groups in total. The summed E-state index contributed by atoms with van der Waals surface area (Å²) in [4.78, 5) is 23.8. The van der Waals surface area contributed by atoms with Crippen molar-refractivity contribution in [1.29, 1.82) is 0 Å². The summed E-state index contributed by atoms with van der Waals surface area (Å²) in [5.74, 6) is -1.09. The van der Waals surface area contributed by atoms with Crippen LogP contribution in [0.2, 0.25) is 10.0 Å². The third-order valence-corrected chi connectivity index (χ3v) is 2.82. The number of carbonyl (C=O) groups is 2. The number of carbonyl (C=O) groups excluding carboxylic acids is 2. The fraction of sp³-hybridized carbons (Fsp3) is 0.200. The molecule has 92 valence electrons. The number of anilines is 1. The number of halogens is 2. The predicted molar refractivity (Wildman–Crippen MR) is 67.0 cm³/mol. The average Bonchev–Trinajstić information content (AvgIpc) is 2.21. The first kappa shape index (κ1) is 13.6. The molecule has 5 nitrogen and oxygen atoms in total. The third kappa shape index (κ3) is 3.25. The summed E-state index contributed by atoms with van der Waals surface area (Å²) in [6.07, 6.45) is 0. The van der Waals surface area contributed by atoms with Crippen LogP contribution >= 0.6 is 23.2 Å². The van der Waals surface area contributed by atoms with E-state index in [1.165, 1.54) is 19.2 Å². The number of nitrogens with two attached hydrogens (primary N) is 2. The molecule has 1 aromatic carbocycles. The van der Waals surface area contributed by atoms with Crippen LogP contribution in [0, 0.1) is 0 Å². The molecule has 1 aromatic rings. The van der Waals surface area contributed by atoms with Gasteiger partial charge in [0.1, 0.15) is 0 Å². The van der Waals surface area contributed by atoms with Crippen LogP contribution in [0.25, 0.3) is 0 Å². The van der Waals surface area contributed by atoms with Crippen molar-refractivity contribution in [3.63, 3.8) is 0 Å². The molecular weight excluding hydrogens is 265 g/mol. The van der Waals surface area contributed by atoms with Crippen molar-refractivity contribution in [2.24, 2.45) is 5.73 Å². The number of rotatable bonds is 3. The monoisotopic (exact) mass is 275 g/mol. The molecule has 0 saturated heterocycles. The van der Waals surface area contributed by atoms with E-state index in [1.807, 2.05) is 0 Å². The Bertz CT molecular complexity index is 477. The summed E-state index contributed by atoms with van der Waals surface area (Å²) >= 11 is 11.7. The summed E-state index contributed by atoms with van der Waals surface area (Å²) in [6.45, 7) is -0.207. The molecule has 7 heteroatoms. The van der Waals surface area contributed by atoms with Crippen LogP contribution in [0.15, 0.2) is 12.1 Å². The topological polar surface area (TPSA) is 89.4 Å². The molecule has 0 bridgehead atoms. The van der Waals surface area contributed by atoms with E-state index in [4.69, 9.17) is 34.7 Å². The van der Waals surface area contributed by atoms with Gasteiger partial charge in [-0.1, -0.05) is 23.2 Å². The normalized spacial score (nSPS) is 10.1. The zero-order valence-electron chi connectivity index (χ0n) is 9.04. The Morgan fingerprint density at radius 1 is 1.35 bits per heavy atom. The largest absolute Gasteiger partial charge is 0.399 e. The Balaban J connectivity index is 3.08. The Hall–Kier alpha value is -1.46. The zero-order chi connectivity index (χ0) is 13.2. The van der Waals surface area contributed by atoms with Gasteiger partial charge in [0.15, 0.2) is 0 Å². The minimum Gasteiger partial charge on any atom is -0.399 e. The van der Waals surface area contributed by atoms with E-state index in [0.717, 1.165) is 4.90 Å². The maximum atomic E-state index is 11.9. The number of hydrogen-bond acceptors (Lipinski definition) is 3. The van der Waals surface area contributed by atoms with Crippen LogP contribution in [0.1, 0.15) is 10.4 Å². The van der Waals surface area contributed by atoms with Crippen LogP contribution in [0.5, 0.6) is 0 Å². The van der Waals surface area contributed by atoms with Crippen LogP contribution in [-0.2, 0) is 4.79 Å². The van der Waals surface area contributed by atoms with E-state index >= 15 is 0 Å². The Kier molecular flexibility index (Phi) is 4.20. The number of likely N-dealkylation sites (N-methyl/N-ethyl adjacent to an activating group) is 1. The van der Waals surface area contributed by atoms with Gasteiger partial charge in [0.2, 0.25) is 5.91 Å². The van der Waals surface area contributed by atoms with Crippen molar-refractivity contribution >= 4 is 40.7 Å². The van der Waals surface area contributed by atoms with Crippen molar-refractivity contribution in [3.05, 3.63) is 27.7 Å². The molecule has 0 unspecified atom stereocenters. The maximum Gasteiger partial charge on any atom is 0.255 e. The summed E-state index contributed by atoms with van der Waals surface area (Å²) in [6, 6.07) is 2.84. The second-order valence-electron chi connectivity index (χ2n) is 3.49. The molecule has 0 aliphatic rings. The van der Waals surface area contributed by atoms with Crippen molar-refractivity contribution in [1.82, 2.24) is 4.90 Å². The Labute approximate surface area is 108 Å². The number of primary amides is 1. The molecule has 17 heavy (non-hydrogen) atoms. The second-order valence-corrected chi connectivity index (χ2v) is 4.28. The molecule has 0 radical (unpaired) electrons. The summed E-state index contributed by atoms with van der Waals surface area (Å²) in [7, 11) is 1.43. The molecule has 0 aliphatic heterocycles. The average molecular weight is 276 g/mol. The SMILES string of the molecule is CN(CC(N)=O)C(=O)c1cc(N)cc(Cl)c1Cl. The lowest BCUT2D eigenvalue weighted by Crippen LogP contribution is -2.35. The second kappa shape index (κ2) is 5.25. The van der Waals surface area contributed by atoms with Gasteiger partial charge in [-0.15, -0.1) is 0 Å². The molecule has 0 heterocycles. The fourth-order valence-corrected chi connectivity index (χ4v) is 1.69. The number of benzene rings is 1. The van der Waals surface area contributed by atoms with E-state index in [-0.39, 0.29) is 22.2 Å². The highest BCUT2D eigenvalue weighted by atomic mass is 35.5. The molecule has 0 aliphatic carbocycles. The van der Waals surface area contributed by atoms with Crippen LogP contribution < -0.4 is 11.5 Å². The molecule has 0 fully saturated rings. The van der Waals surface area contributed by atoms with Crippen LogP contribution in [0.3, 0.4) is 0 Å². The predicted octanol–water partition coefficient (Wildman–Crippen LogP) is 1.13. The van der Waals surface area contributed by atoms with E-state index in [2.05, 4.69) is 0 Å². The first-order chi connectivity index (χ1) is 7.82. The highest BCUT2D eigenvalue weighted by Crippen LogP contribution is 2.29. The first-order valence-electron chi connectivity index (χ1n) is 4.61. The van der Waals surface area contributed by atoms with Crippen molar-refractivity contribution in [3.8, 4) is 0 Å². The lowest BCUT2D eigenvalue weighted by molar-refractivity contribution is -0.118. The molecule has 0 spiro atoms. The van der Waals surface area contributed by atoms with Gasteiger partial charge in [-0.25, -0.2) is 0 Å². The van der Waals surface area contributed by atoms with E-state index in [1.54, 1.807) is 0 Å². The minimum atomic E-state index is -0.619. The summed E-state index contributed by atoms with van der Waals surface area (Å²) < 4.78 is 0. The smallest absolute Gasteiger partial charge is 0.255 e. The van der Waals surface area contributed by atoms with Crippen molar-refractivity contribution in [2.45, 2.75) is 0 Å². The minimum absolute atomic E-state index is 0.0992. The molecule has 2 amide bonds. The Morgan fingerprint density at radius 2 is 1.94 bits per heavy atom. The van der Waals surface area contributed by atoms with Crippen LogP contribution in [-0.4, -0.2) is 30.3 Å². The van der Waals surface area contributed by atoms with Gasteiger partial charge >= 0.3 is 0 Å². The molecular formula is C10H11Cl2N3O2. The quantitative estimate of drug-likeness (QED) is 0.811. The first-order valence-corrected chi connectivity index (χ1v) is 5.36. The third-order valence-electron chi connectivity index (χ3n) is 2.02. The van der Waals surface area contributed by atoms with Crippen molar-refractivity contribution < 1.29 is 9.59 Å². The van der Waals surface area contributed by atoms with Crippen LogP contribution in [0.4, 0.5) is 5.69 Å². The zero-order valence-corrected chi connectivity index (χ0v) is 10.5. The van der Waals surface area contributed by atoms with E-state index < -0.39 is 11.8 Å². The molecule has 1 rings (SSSR count). The van der Waals surface area contributed by atoms with Gasteiger partial charge in [0, 0.05) is 12.7 Å². The lowest BCUT2D eigenvalue weighted by atomic mass is 10.1. The highest BCUT2D eigenvalue weighted by molar-refractivity contribution is 6.44. The van der Waals surface area contributed by atoms with Crippen molar-refractivity contribution in [2.75, 3.05) is 19.3 Å². The van der Waals surface area contributed by atoms with Gasteiger partial charge in [0.05, 0.1) is 22.2 Å². The number of amides is 2. The fourth-order valence-electron chi connectivity index (χ4n) is 1.28. The summed E-state index contributed by atoms with van der Waals surface area (Å²) in [5.41, 5.74) is 11.0.